The SMILES string of the molecule is CCCc1nc(N)cc(N(Cc2cccs2)C(C)C)n1. The van der Waals surface area contributed by atoms with E-state index in [9.17, 15) is 0 Å². The van der Waals surface area contributed by atoms with Crippen molar-refractivity contribution in [2.45, 2.75) is 46.2 Å². The Morgan fingerprint density at radius 1 is 1.35 bits per heavy atom. The first kappa shape index (κ1) is 14.8. The lowest BCUT2D eigenvalue weighted by Gasteiger charge is -2.27. The Bertz CT molecular complexity index is 537. The van der Waals surface area contributed by atoms with E-state index in [0.29, 0.717) is 11.9 Å². The number of nitrogens with zero attached hydrogens (tertiary/aromatic N) is 3. The van der Waals surface area contributed by atoms with Gasteiger partial charge in [0, 0.05) is 23.4 Å². The van der Waals surface area contributed by atoms with E-state index in [0.717, 1.165) is 31.0 Å². The first-order valence-corrected chi connectivity index (χ1v) is 7.90. The zero-order valence-corrected chi connectivity index (χ0v) is 13.2. The van der Waals surface area contributed by atoms with Gasteiger partial charge in [0.15, 0.2) is 0 Å². The van der Waals surface area contributed by atoms with E-state index < -0.39 is 0 Å². The van der Waals surface area contributed by atoms with Crippen LogP contribution in [0.2, 0.25) is 0 Å². The predicted octanol–water partition coefficient (Wildman–Crippen LogP) is 3.49. The largest absolute Gasteiger partial charge is 0.384 e. The molecule has 2 N–H and O–H groups in total. The van der Waals surface area contributed by atoms with Crippen LogP contribution in [0.1, 0.15) is 37.9 Å². The zero-order chi connectivity index (χ0) is 14.5. The van der Waals surface area contributed by atoms with Crippen molar-refractivity contribution in [1.29, 1.82) is 0 Å². The molecule has 0 aliphatic rings. The summed E-state index contributed by atoms with van der Waals surface area (Å²) >= 11 is 1.77. The molecule has 0 aliphatic heterocycles. The van der Waals surface area contributed by atoms with E-state index in [2.05, 4.69) is 53.2 Å². The maximum Gasteiger partial charge on any atom is 0.134 e. The average Bonchev–Trinajstić information content (AvgIpc) is 2.88. The highest BCUT2D eigenvalue weighted by Crippen LogP contribution is 2.22. The van der Waals surface area contributed by atoms with Crippen molar-refractivity contribution in [3.8, 4) is 0 Å². The molecule has 0 aliphatic carbocycles. The van der Waals surface area contributed by atoms with Crippen LogP contribution in [0.25, 0.3) is 0 Å². The fourth-order valence-electron chi connectivity index (χ4n) is 2.08. The van der Waals surface area contributed by atoms with Gasteiger partial charge in [-0.15, -0.1) is 11.3 Å². The van der Waals surface area contributed by atoms with Gasteiger partial charge < -0.3 is 10.6 Å². The Morgan fingerprint density at radius 2 is 2.15 bits per heavy atom. The quantitative estimate of drug-likeness (QED) is 0.885. The monoisotopic (exact) mass is 290 g/mol. The minimum Gasteiger partial charge on any atom is -0.384 e. The molecule has 0 radical (unpaired) electrons. The van der Waals surface area contributed by atoms with Crippen molar-refractivity contribution in [2.24, 2.45) is 0 Å². The number of nitrogen functional groups attached to an aromatic ring is 1. The molecule has 0 bridgehead atoms. The fourth-order valence-corrected chi connectivity index (χ4v) is 2.79. The highest BCUT2D eigenvalue weighted by Gasteiger charge is 2.15. The van der Waals surface area contributed by atoms with E-state index in [1.165, 1.54) is 4.88 Å². The molecule has 0 fully saturated rings. The molecule has 0 unspecified atom stereocenters. The van der Waals surface area contributed by atoms with Gasteiger partial charge in [-0.2, -0.15) is 0 Å². The second kappa shape index (κ2) is 6.70. The second-order valence-corrected chi connectivity index (χ2v) is 6.15. The van der Waals surface area contributed by atoms with Gasteiger partial charge in [0.25, 0.3) is 0 Å². The summed E-state index contributed by atoms with van der Waals surface area (Å²) in [4.78, 5) is 12.6. The highest BCUT2D eigenvalue weighted by atomic mass is 32.1. The Morgan fingerprint density at radius 3 is 2.75 bits per heavy atom. The molecule has 0 atom stereocenters. The maximum absolute atomic E-state index is 5.93. The molecule has 2 rings (SSSR count). The summed E-state index contributed by atoms with van der Waals surface area (Å²) in [6.07, 6.45) is 1.89. The minimum atomic E-state index is 0.362. The molecule has 4 nitrogen and oxygen atoms in total. The molecule has 0 amide bonds. The molecule has 0 saturated heterocycles. The molecular weight excluding hydrogens is 268 g/mol. The van der Waals surface area contributed by atoms with Gasteiger partial charge in [-0.05, 0) is 31.7 Å². The van der Waals surface area contributed by atoms with Crippen LogP contribution < -0.4 is 10.6 Å². The van der Waals surface area contributed by atoms with Crippen LogP contribution in [0, 0.1) is 0 Å². The summed E-state index contributed by atoms with van der Waals surface area (Å²) in [5.41, 5.74) is 5.93. The van der Waals surface area contributed by atoms with Gasteiger partial charge in [0.2, 0.25) is 0 Å². The smallest absolute Gasteiger partial charge is 0.134 e. The number of nitrogens with two attached hydrogens (primary N) is 1. The van der Waals surface area contributed by atoms with Crippen molar-refractivity contribution in [3.63, 3.8) is 0 Å². The Hall–Kier alpha value is -1.62. The van der Waals surface area contributed by atoms with E-state index in [-0.39, 0.29) is 0 Å². The molecule has 108 valence electrons. The molecule has 0 spiro atoms. The van der Waals surface area contributed by atoms with Crippen molar-refractivity contribution in [1.82, 2.24) is 9.97 Å². The van der Waals surface area contributed by atoms with E-state index in [1.807, 2.05) is 6.07 Å². The lowest BCUT2D eigenvalue weighted by Crippen LogP contribution is -2.31. The number of anilines is 2. The van der Waals surface area contributed by atoms with Gasteiger partial charge in [0.1, 0.15) is 17.5 Å². The summed E-state index contributed by atoms with van der Waals surface area (Å²) < 4.78 is 0. The average molecular weight is 290 g/mol. The van der Waals surface area contributed by atoms with Crippen LogP contribution in [-0.2, 0) is 13.0 Å². The second-order valence-electron chi connectivity index (χ2n) is 5.12. The lowest BCUT2D eigenvalue weighted by atomic mass is 10.2. The number of aromatic nitrogens is 2. The van der Waals surface area contributed by atoms with Gasteiger partial charge in [-0.1, -0.05) is 13.0 Å². The molecular formula is C15H22N4S. The van der Waals surface area contributed by atoms with Crippen molar-refractivity contribution in [3.05, 3.63) is 34.3 Å². The molecule has 0 saturated carbocycles. The normalized spacial score (nSPS) is 11.0. The molecule has 2 aromatic rings. The van der Waals surface area contributed by atoms with Crippen LogP contribution in [0.3, 0.4) is 0 Å². The Labute approximate surface area is 124 Å². The third-order valence-electron chi connectivity index (χ3n) is 3.08. The van der Waals surface area contributed by atoms with Crippen molar-refractivity contribution < 1.29 is 0 Å². The minimum absolute atomic E-state index is 0.362. The maximum atomic E-state index is 5.93. The molecule has 5 heteroatoms. The predicted molar refractivity (Wildman–Crippen MR) is 86.1 cm³/mol. The zero-order valence-electron chi connectivity index (χ0n) is 12.3. The number of rotatable bonds is 6. The third kappa shape index (κ3) is 3.70. The topological polar surface area (TPSA) is 55.0 Å². The summed E-state index contributed by atoms with van der Waals surface area (Å²) in [6.45, 7) is 7.33. The summed E-state index contributed by atoms with van der Waals surface area (Å²) in [6, 6.07) is 6.46. The van der Waals surface area contributed by atoms with Crippen LogP contribution in [0.4, 0.5) is 11.6 Å². The van der Waals surface area contributed by atoms with Crippen LogP contribution in [0.5, 0.6) is 0 Å². The van der Waals surface area contributed by atoms with Gasteiger partial charge in [-0.3, -0.25) is 0 Å². The first-order valence-electron chi connectivity index (χ1n) is 7.02. The van der Waals surface area contributed by atoms with Crippen molar-refractivity contribution >= 4 is 23.0 Å². The highest BCUT2D eigenvalue weighted by molar-refractivity contribution is 7.09. The number of aryl methyl sites for hydroxylation is 1. The van der Waals surface area contributed by atoms with Crippen molar-refractivity contribution in [2.75, 3.05) is 10.6 Å². The van der Waals surface area contributed by atoms with E-state index >= 15 is 0 Å². The van der Waals surface area contributed by atoms with Gasteiger partial charge >= 0.3 is 0 Å². The molecule has 20 heavy (non-hydrogen) atoms. The summed E-state index contributed by atoms with van der Waals surface area (Å²) in [5.74, 6) is 2.30. The van der Waals surface area contributed by atoms with E-state index in [4.69, 9.17) is 5.73 Å². The lowest BCUT2D eigenvalue weighted by molar-refractivity contribution is 0.671. The summed E-state index contributed by atoms with van der Waals surface area (Å²) in [7, 11) is 0. The number of hydrogen-bond acceptors (Lipinski definition) is 5. The Balaban J connectivity index is 2.28. The van der Waals surface area contributed by atoms with Crippen LogP contribution >= 0.6 is 11.3 Å². The molecule has 0 aromatic carbocycles. The van der Waals surface area contributed by atoms with Crippen LogP contribution in [-0.4, -0.2) is 16.0 Å². The Kier molecular flexibility index (Phi) is 4.95. The molecule has 2 aromatic heterocycles. The third-order valence-corrected chi connectivity index (χ3v) is 3.94. The molecule has 2 heterocycles. The number of hydrogen-bond donors (Lipinski definition) is 1. The number of thiophene rings is 1. The first-order chi connectivity index (χ1) is 9.60. The standard InChI is InChI=1S/C15H22N4S/c1-4-6-14-17-13(16)9-15(18-14)19(11(2)3)10-12-7-5-8-20-12/h5,7-9,11H,4,6,10H2,1-3H3,(H2,16,17,18). The van der Waals surface area contributed by atoms with Gasteiger partial charge in [0.05, 0.1) is 6.54 Å². The summed E-state index contributed by atoms with van der Waals surface area (Å²) in [5, 5.41) is 2.10. The van der Waals surface area contributed by atoms with E-state index in [1.54, 1.807) is 11.3 Å². The van der Waals surface area contributed by atoms with Crippen LogP contribution in [0.15, 0.2) is 23.6 Å². The fraction of sp³-hybridized carbons (Fsp3) is 0.467. The van der Waals surface area contributed by atoms with Gasteiger partial charge in [-0.25, -0.2) is 9.97 Å².